The summed E-state index contributed by atoms with van der Waals surface area (Å²) in [6.45, 7) is 0. The van der Waals surface area contributed by atoms with Crippen molar-refractivity contribution in [3.63, 3.8) is 0 Å². The molecule has 0 unspecified atom stereocenters. The molecule has 0 bridgehead atoms. The standard InChI is InChI=1S/C13H16F2O3/c1-17-10-5-8(7-13(16)3-4-13)9(12(14)15)6-11(10)18-2/h5-6,12,16H,3-4,7H2,1-2H3. The maximum absolute atomic E-state index is 13.0. The van der Waals surface area contributed by atoms with E-state index in [0.717, 1.165) is 0 Å². The number of hydrogen-bond acceptors (Lipinski definition) is 3. The van der Waals surface area contributed by atoms with Gasteiger partial charge in [0.15, 0.2) is 11.5 Å². The van der Waals surface area contributed by atoms with E-state index in [1.165, 1.54) is 26.4 Å². The van der Waals surface area contributed by atoms with Crippen molar-refractivity contribution in [1.29, 1.82) is 0 Å². The summed E-state index contributed by atoms with van der Waals surface area (Å²) in [5, 5.41) is 9.86. The lowest BCUT2D eigenvalue weighted by molar-refractivity contribution is 0.138. The first kappa shape index (κ1) is 13.1. The molecular weight excluding hydrogens is 242 g/mol. The zero-order chi connectivity index (χ0) is 13.3. The fraction of sp³-hybridized carbons (Fsp3) is 0.538. The van der Waals surface area contributed by atoms with Gasteiger partial charge in [0.05, 0.1) is 19.8 Å². The molecule has 0 aromatic heterocycles. The van der Waals surface area contributed by atoms with E-state index < -0.39 is 12.0 Å². The third kappa shape index (κ3) is 2.56. The van der Waals surface area contributed by atoms with E-state index in [-0.39, 0.29) is 17.7 Å². The van der Waals surface area contributed by atoms with Gasteiger partial charge in [-0.3, -0.25) is 0 Å². The zero-order valence-electron chi connectivity index (χ0n) is 10.4. The first-order valence-corrected chi connectivity index (χ1v) is 5.74. The number of benzene rings is 1. The minimum atomic E-state index is -2.60. The summed E-state index contributed by atoms with van der Waals surface area (Å²) in [4.78, 5) is 0. The average Bonchev–Trinajstić information content (AvgIpc) is 3.05. The Labute approximate surface area is 104 Å². The highest BCUT2D eigenvalue weighted by molar-refractivity contribution is 5.48. The minimum absolute atomic E-state index is 0.104. The topological polar surface area (TPSA) is 38.7 Å². The van der Waals surface area contributed by atoms with Crippen LogP contribution in [0.1, 0.15) is 30.4 Å². The molecule has 0 saturated heterocycles. The molecule has 0 aliphatic heterocycles. The number of rotatable bonds is 5. The lowest BCUT2D eigenvalue weighted by atomic mass is 9.99. The Balaban J connectivity index is 2.41. The second kappa shape index (κ2) is 4.72. The molecule has 1 fully saturated rings. The third-order valence-corrected chi connectivity index (χ3v) is 3.23. The molecule has 0 amide bonds. The average molecular weight is 258 g/mol. The van der Waals surface area contributed by atoms with E-state index in [1.54, 1.807) is 0 Å². The van der Waals surface area contributed by atoms with Gasteiger partial charge in [0.25, 0.3) is 6.43 Å². The molecule has 1 aromatic carbocycles. The molecule has 0 heterocycles. The number of halogens is 2. The maximum atomic E-state index is 13.0. The van der Waals surface area contributed by atoms with Crippen LogP contribution in [-0.4, -0.2) is 24.9 Å². The number of aliphatic hydroxyl groups is 1. The summed E-state index contributed by atoms with van der Waals surface area (Å²) in [5.74, 6) is 0.681. The van der Waals surface area contributed by atoms with Gasteiger partial charge in [-0.25, -0.2) is 8.78 Å². The van der Waals surface area contributed by atoms with Crippen LogP contribution in [0.25, 0.3) is 0 Å². The highest BCUT2D eigenvalue weighted by Gasteiger charge is 2.41. The molecule has 1 aliphatic carbocycles. The smallest absolute Gasteiger partial charge is 0.264 e. The van der Waals surface area contributed by atoms with Gasteiger partial charge in [-0.15, -0.1) is 0 Å². The van der Waals surface area contributed by atoms with Gasteiger partial charge in [0, 0.05) is 12.0 Å². The molecule has 1 aromatic rings. The van der Waals surface area contributed by atoms with Gasteiger partial charge in [-0.1, -0.05) is 0 Å². The first-order valence-electron chi connectivity index (χ1n) is 5.74. The lowest BCUT2D eigenvalue weighted by Gasteiger charge is -2.16. The third-order valence-electron chi connectivity index (χ3n) is 3.23. The molecule has 1 aliphatic rings. The van der Waals surface area contributed by atoms with Crippen molar-refractivity contribution in [2.75, 3.05) is 14.2 Å². The second-order valence-electron chi connectivity index (χ2n) is 4.61. The van der Waals surface area contributed by atoms with E-state index in [9.17, 15) is 13.9 Å². The number of hydrogen-bond donors (Lipinski definition) is 1. The van der Waals surface area contributed by atoms with Crippen molar-refractivity contribution >= 4 is 0 Å². The zero-order valence-corrected chi connectivity index (χ0v) is 10.4. The molecule has 1 saturated carbocycles. The fourth-order valence-electron chi connectivity index (χ4n) is 1.97. The van der Waals surface area contributed by atoms with Crippen LogP contribution < -0.4 is 9.47 Å². The molecule has 0 atom stereocenters. The van der Waals surface area contributed by atoms with Crippen LogP contribution in [0, 0.1) is 0 Å². The Bertz CT molecular complexity index is 442. The van der Waals surface area contributed by atoms with Crippen molar-refractivity contribution in [1.82, 2.24) is 0 Å². The van der Waals surface area contributed by atoms with E-state index in [4.69, 9.17) is 9.47 Å². The second-order valence-corrected chi connectivity index (χ2v) is 4.61. The summed E-state index contributed by atoms with van der Waals surface area (Å²) in [6, 6.07) is 2.81. The van der Waals surface area contributed by atoms with Crippen molar-refractivity contribution in [3.05, 3.63) is 23.3 Å². The lowest BCUT2D eigenvalue weighted by Crippen LogP contribution is -2.13. The monoisotopic (exact) mass is 258 g/mol. The van der Waals surface area contributed by atoms with Crippen molar-refractivity contribution < 1.29 is 23.4 Å². The predicted octanol–water partition coefficient (Wildman–Crippen LogP) is 2.71. The summed E-state index contributed by atoms with van der Waals surface area (Å²) in [5.41, 5.74) is -0.501. The molecular formula is C13H16F2O3. The van der Waals surface area contributed by atoms with Crippen molar-refractivity contribution in [2.45, 2.75) is 31.3 Å². The molecule has 0 spiro atoms. The molecule has 3 nitrogen and oxygen atoms in total. The summed E-state index contributed by atoms with van der Waals surface area (Å²) in [6.07, 6.45) is -1.05. The van der Waals surface area contributed by atoms with Crippen LogP contribution in [0.15, 0.2) is 12.1 Å². The van der Waals surface area contributed by atoms with E-state index in [2.05, 4.69) is 0 Å². The van der Waals surface area contributed by atoms with Gasteiger partial charge < -0.3 is 14.6 Å². The normalized spacial score (nSPS) is 16.8. The van der Waals surface area contributed by atoms with Gasteiger partial charge in [0.1, 0.15) is 0 Å². The Morgan fingerprint density at radius 3 is 2.22 bits per heavy atom. The van der Waals surface area contributed by atoms with Crippen LogP contribution in [-0.2, 0) is 6.42 Å². The Morgan fingerprint density at radius 1 is 1.22 bits per heavy atom. The first-order chi connectivity index (χ1) is 8.49. The highest BCUT2D eigenvalue weighted by atomic mass is 19.3. The molecule has 5 heteroatoms. The van der Waals surface area contributed by atoms with Gasteiger partial charge in [0.2, 0.25) is 0 Å². The summed E-state index contributed by atoms with van der Waals surface area (Å²) >= 11 is 0. The largest absolute Gasteiger partial charge is 0.493 e. The van der Waals surface area contributed by atoms with Crippen LogP contribution in [0.3, 0.4) is 0 Å². The SMILES string of the molecule is COc1cc(CC2(O)CC2)c(C(F)F)cc1OC. The Hall–Kier alpha value is -1.36. The Morgan fingerprint density at radius 2 is 1.78 bits per heavy atom. The summed E-state index contributed by atoms with van der Waals surface area (Å²) < 4.78 is 36.1. The van der Waals surface area contributed by atoms with Crippen LogP contribution in [0.5, 0.6) is 11.5 Å². The Kier molecular flexibility index (Phi) is 3.43. The minimum Gasteiger partial charge on any atom is -0.493 e. The van der Waals surface area contributed by atoms with E-state index in [0.29, 0.717) is 24.2 Å². The number of methoxy groups -OCH3 is 2. The molecule has 0 radical (unpaired) electrons. The summed E-state index contributed by atoms with van der Waals surface area (Å²) in [7, 11) is 2.86. The predicted molar refractivity (Wildman–Crippen MR) is 62.4 cm³/mol. The molecule has 18 heavy (non-hydrogen) atoms. The number of ether oxygens (including phenoxy) is 2. The maximum Gasteiger partial charge on any atom is 0.264 e. The van der Waals surface area contributed by atoms with E-state index in [1.807, 2.05) is 0 Å². The van der Waals surface area contributed by atoms with Crippen LogP contribution in [0.2, 0.25) is 0 Å². The van der Waals surface area contributed by atoms with Crippen molar-refractivity contribution in [3.8, 4) is 11.5 Å². The van der Waals surface area contributed by atoms with E-state index >= 15 is 0 Å². The molecule has 100 valence electrons. The van der Waals surface area contributed by atoms with Crippen LogP contribution in [0.4, 0.5) is 8.78 Å². The van der Waals surface area contributed by atoms with Gasteiger partial charge >= 0.3 is 0 Å². The van der Waals surface area contributed by atoms with Gasteiger partial charge in [-0.2, -0.15) is 0 Å². The fourth-order valence-corrected chi connectivity index (χ4v) is 1.97. The molecule has 1 N–H and O–H groups in total. The quantitative estimate of drug-likeness (QED) is 0.882. The van der Waals surface area contributed by atoms with Crippen molar-refractivity contribution in [2.24, 2.45) is 0 Å². The number of alkyl halides is 2. The van der Waals surface area contributed by atoms with Gasteiger partial charge in [-0.05, 0) is 30.5 Å². The highest BCUT2D eigenvalue weighted by Crippen LogP contribution is 2.42. The molecule has 2 rings (SSSR count). The van der Waals surface area contributed by atoms with Crippen LogP contribution >= 0.6 is 0 Å².